The van der Waals surface area contributed by atoms with Crippen LogP contribution in [0.2, 0.25) is 0 Å². The second-order valence-corrected chi connectivity index (χ2v) is 5.64. The van der Waals surface area contributed by atoms with Crippen molar-refractivity contribution in [3.63, 3.8) is 0 Å². The van der Waals surface area contributed by atoms with E-state index in [0.717, 1.165) is 0 Å². The van der Waals surface area contributed by atoms with Crippen LogP contribution in [-0.4, -0.2) is 23.3 Å². The maximum atomic E-state index is 11.7. The standard InChI is InChI=1S/C15H15N3O4S/c19-14(17-11-5-7-12(8-6-11)18(21)22)4-1-9-16-15(20)13-3-2-10-23-13/h2-3,5-8,10H,1,4,9H2,(H,16,20)(H,17,19). The summed E-state index contributed by atoms with van der Waals surface area (Å²) in [6, 6.07) is 9.16. The molecule has 0 spiro atoms. The minimum absolute atomic E-state index is 0.0284. The molecule has 2 rings (SSSR count). The number of nitro groups is 1. The van der Waals surface area contributed by atoms with Gasteiger partial charge in [0.2, 0.25) is 5.91 Å². The van der Waals surface area contributed by atoms with Crippen molar-refractivity contribution >= 4 is 34.5 Å². The first-order valence-electron chi connectivity index (χ1n) is 6.92. The summed E-state index contributed by atoms with van der Waals surface area (Å²) in [6.07, 6.45) is 0.762. The van der Waals surface area contributed by atoms with Gasteiger partial charge in [0.05, 0.1) is 9.80 Å². The second kappa shape index (κ2) is 8.04. The van der Waals surface area contributed by atoms with Crippen LogP contribution in [-0.2, 0) is 4.79 Å². The number of nitro benzene ring substituents is 1. The number of non-ortho nitro benzene ring substituents is 1. The zero-order chi connectivity index (χ0) is 16.7. The zero-order valence-corrected chi connectivity index (χ0v) is 13.0. The molecule has 0 radical (unpaired) electrons. The molecule has 0 unspecified atom stereocenters. The van der Waals surface area contributed by atoms with Crippen LogP contribution < -0.4 is 10.6 Å². The number of carbonyl (C=O) groups excluding carboxylic acids is 2. The zero-order valence-electron chi connectivity index (χ0n) is 12.2. The molecule has 0 saturated heterocycles. The lowest BCUT2D eigenvalue weighted by atomic mass is 10.2. The van der Waals surface area contributed by atoms with E-state index in [0.29, 0.717) is 23.5 Å². The molecule has 0 fully saturated rings. The third-order valence-corrected chi connectivity index (χ3v) is 3.84. The van der Waals surface area contributed by atoms with E-state index in [1.165, 1.54) is 35.6 Å². The van der Waals surface area contributed by atoms with Gasteiger partial charge in [0, 0.05) is 30.8 Å². The number of hydrogen-bond donors (Lipinski definition) is 2. The van der Waals surface area contributed by atoms with E-state index in [1.807, 2.05) is 5.38 Å². The Morgan fingerprint density at radius 1 is 1.17 bits per heavy atom. The van der Waals surface area contributed by atoms with E-state index in [2.05, 4.69) is 10.6 Å². The molecule has 0 saturated carbocycles. The second-order valence-electron chi connectivity index (χ2n) is 4.69. The maximum absolute atomic E-state index is 11.7. The fraction of sp³-hybridized carbons (Fsp3) is 0.200. The van der Waals surface area contributed by atoms with Crippen molar-refractivity contribution in [3.8, 4) is 0 Å². The van der Waals surface area contributed by atoms with Gasteiger partial charge in [0.15, 0.2) is 0 Å². The third-order valence-electron chi connectivity index (χ3n) is 2.97. The van der Waals surface area contributed by atoms with Crippen molar-refractivity contribution in [2.75, 3.05) is 11.9 Å². The summed E-state index contributed by atoms with van der Waals surface area (Å²) < 4.78 is 0. The van der Waals surface area contributed by atoms with Crippen molar-refractivity contribution in [2.45, 2.75) is 12.8 Å². The Kier molecular flexibility index (Phi) is 5.81. The first-order chi connectivity index (χ1) is 11.1. The molecule has 0 aliphatic rings. The van der Waals surface area contributed by atoms with E-state index in [1.54, 1.807) is 12.1 Å². The Labute approximate surface area is 136 Å². The molecular weight excluding hydrogens is 318 g/mol. The Morgan fingerprint density at radius 2 is 1.91 bits per heavy atom. The fourth-order valence-corrected chi connectivity index (χ4v) is 2.48. The van der Waals surface area contributed by atoms with Crippen LogP contribution >= 0.6 is 11.3 Å². The molecular formula is C15H15N3O4S. The molecule has 1 heterocycles. The van der Waals surface area contributed by atoms with Gasteiger partial charge in [-0.3, -0.25) is 19.7 Å². The van der Waals surface area contributed by atoms with Crippen LogP contribution in [0.25, 0.3) is 0 Å². The molecule has 120 valence electrons. The predicted molar refractivity (Wildman–Crippen MR) is 87.6 cm³/mol. The summed E-state index contributed by atoms with van der Waals surface area (Å²) >= 11 is 1.36. The van der Waals surface area contributed by atoms with Crippen molar-refractivity contribution in [2.24, 2.45) is 0 Å². The van der Waals surface area contributed by atoms with Crippen LogP contribution in [0.5, 0.6) is 0 Å². The number of amides is 2. The molecule has 8 heteroatoms. The van der Waals surface area contributed by atoms with E-state index in [-0.39, 0.29) is 23.9 Å². The number of hydrogen-bond acceptors (Lipinski definition) is 5. The molecule has 2 aromatic rings. The van der Waals surface area contributed by atoms with Gasteiger partial charge in [-0.2, -0.15) is 0 Å². The number of thiophene rings is 1. The normalized spacial score (nSPS) is 10.1. The van der Waals surface area contributed by atoms with Crippen molar-refractivity contribution in [1.29, 1.82) is 0 Å². The van der Waals surface area contributed by atoms with Gasteiger partial charge in [-0.25, -0.2) is 0 Å². The molecule has 1 aromatic heterocycles. The van der Waals surface area contributed by atoms with Gasteiger partial charge in [0.25, 0.3) is 11.6 Å². The first kappa shape index (κ1) is 16.6. The first-order valence-corrected chi connectivity index (χ1v) is 7.80. The Hall–Kier alpha value is -2.74. The molecule has 0 aliphatic carbocycles. The lowest BCUT2D eigenvalue weighted by molar-refractivity contribution is -0.384. The average molecular weight is 333 g/mol. The summed E-state index contributed by atoms with van der Waals surface area (Å²) in [7, 11) is 0. The lowest BCUT2D eigenvalue weighted by Crippen LogP contribution is -2.24. The Balaban J connectivity index is 1.69. The van der Waals surface area contributed by atoms with Gasteiger partial charge in [-0.1, -0.05) is 6.07 Å². The van der Waals surface area contributed by atoms with E-state index in [9.17, 15) is 19.7 Å². The van der Waals surface area contributed by atoms with Crippen LogP contribution in [0.4, 0.5) is 11.4 Å². The molecule has 0 aliphatic heterocycles. The van der Waals surface area contributed by atoms with Crippen molar-refractivity contribution in [1.82, 2.24) is 5.32 Å². The van der Waals surface area contributed by atoms with E-state index in [4.69, 9.17) is 0 Å². The van der Waals surface area contributed by atoms with E-state index >= 15 is 0 Å². The summed E-state index contributed by atoms with van der Waals surface area (Å²) in [6.45, 7) is 0.407. The molecule has 0 bridgehead atoms. The topological polar surface area (TPSA) is 101 Å². The summed E-state index contributed by atoms with van der Waals surface area (Å²) in [4.78, 5) is 34.1. The van der Waals surface area contributed by atoms with E-state index < -0.39 is 4.92 Å². The highest BCUT2D eigenvalue weighted by molar-refractivity contribution is 7.12. The average Bonchev–Trinajstić information content (AvgIpc) is 3.06. The quantitative estimate of drug-likeness (QED) is 0.462. The minimum atomic E-state index is -0.498. The maximum Gasteiger partial charge on any atom is 0.269 e. The van der Waals surface area contributed by atoms with Crippen molar-refractivity contribution in [3.05, 3.63) is 56.8 Å². The SMILES string of the molecule is O=C(CCCNC(=O)c1cccs1)Nc1ccc([N+](=O)[O-])cc1. The number of carbonyl (C=O) groups is 2. The van der Waals surface area contributed by atoms with Crippen LogP contribution in [0.1, 0.15) is 22.5 Å². The molecule has 23 heavy (non-hydrogen) atoms. The predicted octanol–water partition coefficient (Wildman–Crippen LogP) is 2.81. The van der Waals surface area contributed by atoms with Crippen LogP contribution in [0.3, 0.4) is 0 Å². The Morgan fingerprint density at radius 3 is 2.52 bits per heavy atom. The van der Waals surface area contributed by atoms with Crippen LogP contribution in [0.15, 0.2) is 41.8 Å². The summed E-state index contributed by atoms with van der Waals surface area (Å²) in [5.41, 5.74) is 0.475. The van der Waals surface area contributed by atoms with Gasteiger partial charge in [-0.05, 0) is 30.0 Å². The molecule has 1 aromatic carbocycles. The molecule has 2 N–H and O–H groups in total. The largest absolute Gasteiger partial charge is 0.351 e. The monoisotopic (exact) mass is 333 g/mol. The highest BCUT2D eigenvalue weighted by Crippen LogP contribution is 2.15. The summed E-state index contributed by atoms with van der Waals surface area (Å²) in [5.74, 6) is -0.347. The van der Waals surface area contributed by atoms with Crippen LogP contribution in [0, 0.1) is 10.1 Å². The van der Waals surface area contributed by atoms with Crippen molar-refractivity contribution < 1.29 is 14.5 Å². The highest BCUT2D eigenvalue weighted by atomic mass is 32.1. The highest BCUT2D eigenvalue weighted by Gasteiger charge is 2.08. The third kappa shape index (κ3) is 5.19. The Bertz CT molecular complexity index is 683. The number of nitrogens with one attached hydrogen (secondary N) is 2. The molecule has 7 nitrogen and oxygen atoms in total. The number of benzene rings is 1. The van der Waals surface area contributed by atoms with Gasteiger partial charge in [-0.15, -0.1) is 11.3 Å². The van der Waals surface area contributed by atoms with Gasteiger partial charge < -0.3 is 10.6 Å². The smallest absolute Gasteiger partial charge is 0.269 e. The number of nitrogens with zero attached hydrogens (tertiary/aromatic N) is 1. The molecule has 2 amide bonds. The fourth-order valence-electron chi connectivity index (χ4n) is 1.84. The van der Waals surface area contributed by atoms with Gasteiger partial charge >= 0.3 is 0 Å². The number of rotatable bonds is 7. The lowest BCUT2D eigenvalue weighted by Gasteiger charge is -2.06. The summed E-state index contributed by atoms with van der Waals surface area (Å²) in [5, 5.41) is 17.8. The minimum Gasteiger partial charge on any atom is -0.351 e. The number of anilines is 1. The molecule has 0 atom stereocenters. The van der Waals surface area contributed by atoms with Gasteiger partial charge in [0.1, 0.15) is 0 Å².